The van der Waals surface area contributed by atoms with Gasteiger partial charge >= 0.3 is 0 Å². The number of hydrogen-bond donors (Lipinski definition) is 1. The second kappa shape index (κ2) is 6.38. The molecule has 0 radical (unpaired) electrons. The van der Waals surface area contributed by atoms with Crippen molar-refractivity contribution in [1.82, 2.24) is 14.9 Å². The maximum Gasteiger partial charge on any atom is 0.261 e. The molecule has 1 aromatic heterocycles. The smallest absolute Gasteiger partial charge is 0.261 e. The molecular formula is C19H25N3O2. The van der Waals surface area contributed by atoms with E-state index in [1.165, 1.54) is 17.4 Å². The van der Waals surface area contributed by atoms with Crippen LogP contribution in [-0.4, -0.2) is 22.0 Å². The molecule has 24 heavy (non-hydrogen) atoms. The van der Waals surface area contributed by atoms with Gasteiger partial charge in [0, 0.05) is 6.54 Å². The predicted octanol–water partition coefficient (Wildman–Crippen LogP) is 2.65. The van der Waals surface area contributed by atoms with Crippen LogP contribution in [0.1, 0.15) is 38.9 Å². The molecule has 0 atom stereocenters. The number of carbonyl (C=O) groups excluding carboxylic acids is 1. The molecule has 0 unspecified atom stereocenters. The second-order valence-corrected chi connectivity index (χ2v) is 7.44. The van der Waals surface area contributed by atoms with Gasteiger partial charge < -0.3 is 5.32 Å². The Morgan fingerprint density at radius 3 is 2.71 bits per heavy atom. The van der Waals surface area contributed by atoms with Crippen molar-refractivity contribution in [3.63, 3.8) is 0 Å². The highest BCUT2D eigenvalue weighted by Crippen LogP contribution is 2.49. The summed E-state index contributed by atoms with van der Waals surface area (Å²) >= 11 is 0. The van der Waals surface area contributed by atoms with Gasteiger partial charge in [0.2, 0.25) is 5.91 Å². The van der Waals surface area contributed by atoms with Gasteiger partial charge in [-0.2, -0.15) is 0 Å². The number of para-hydroxylation sites is 1. The van der Waals surface area contributed by atoms with Crippen LogP contribution in [0.4, 0.5) is 0 Å². The highest BCUT2D eigenvalue weighted by atomic mass is 16.2. The van der Waals surface area contributed by atoms with E-state index in [9.17, 15) is 9.59 Å². The highest BCUT2D eigenvalue weighted by Gasteiger charge is 2.42. The van der Waals surface area contributed by atoms with Crippen molar-refractivity contribution in [3.05, 3.63) is 40.4 Å². The zero-order chi connectivity index (χ0) is 17.3. The lowest BCUT2D eigenvalue weighted by Gasteiger charge is -2.18. The second-order valence-electron chi connectivity index (χ2n) is 7.44. The molecule has 5 nitrogen and oxygen atoms in total. The number of amides is 1. The van der Waals surface area contributed by atoms with Crippen LogP contribution in [0.25, 0.3) is 10.9 Å². The van der Waals surface area contributed by atoms with E-state index in [1.54, 1.807) is 13.0 Å². The van der Waals surface area contributed by atoms with Crippen molar-refractivity contribution >= 4 is 16.8 Å². The number of aryl methyl sites for hydroxylation is 1. The standard InChI is InChI=1S/C19H25N3O2/c1-13(2)10-19(8-9-19)12-20-17(23)11-22-14(3)21-16-7-5-4-6-15(16)18(22)24/h4-7,13H,8-12H2,1-3H3,(H,20,23). The van der Waals surface area contributed by atoms with Crippen molar-refractivity contribution in [2.24, 2.45) is 11.3 Å². The lowest BCUT2D eigenvalue weighted by molar-refractivity contribution is -0.122. The lowest BCUT2D eigenvalue weighted by Crippen LogP contribution is -2.37. The number of carbonyl (C=O) groups is 1. The maximum atomic E-state index is 12.6. The van der Waals surface area contributed by atoms with Gasteiger partial charge in [-0.15, -0.1) is 0 Å². The monoisotopic (exact) mass is 327 g/mol. The summed E-state index contributed by atoms with van der Waals surface area (Å²) in [6.07, 6.45) is 3.51. The lowest BCUT2D eigenvalue weighted by atomic mass is 9.94. The van der Waals surface area contributed by atoms with Crippen LogP contribution in [0, 0.1) is 18.3 Å². The molecule has 5 heteroatoms. The molecule has 1 amide bonds. The van der Waals surface area contributed by atoms with E-state index in [0.29, 0.717) is 29.2 Å². The van der Waals surface area contributed by atoms with Gasteiger partial charge in [0.25, 0.3) is 5.56 Å². The van der Waals surface area contributed by atoms with E-state index in [0.717, 1.165) is 6.42 Å². The number of hydrogen-bond acceptors (Lipinski definition) is 3. The quantitative estimate of drug-likeness (QED) is 0.887. The molecule has 1 aromatic carbocycles. The number of aromatic nitrogens is 2. The first-order valence-electron chi connectivity index (χ1n) is 8.63. The minimum absolute atomic E-state index is 0.0280. The molecule has 1 heterocycles. The van der Waals surface area contributed by atoms with Gasteiger partial charge in [-0.25, -0.2) is 4.98 Å². The summed E-state index contributed by atoms with van der Waals surface area (Å²) in [4.78, 5) is 29.3. The summed E-state index contributed by atoms with van der Waals surface area (Å²) in [5, 5.41) is 3.57. The van der Waals surface area contributed by atoms with Crippen molar-refractivity contribution in [2.75, 3.05) is 6.54 Å². The van der Waals surface area contributed by atoms with Crippen molar-refractivity contribution in [2.45, 2.75) is 46.6 Å². The number of fused-ring (bicyclic) bond motifs is 1. The first-order valence-corrected chi connectivity index (χ1v) is 8.63. The third-order valence-corrected chi connectivity index (χ3v) is 4.81. The Balaban J connectivity index is 1.71. The summed E-state index contributed by atoms with van der Waals surface area (Å²) in [7, 11) is 0. The zero-order valence-electron chi connectivity index (χ0n) is 14.6. The summed E-state index contributed by atoms with van der Waals surface area (Å²) < 4.78 is 1.46. The van der Waals surface area contributed by atoms with Gasteiger partial charge in [-0.1, -0.05) is 26.0 Å². The fourth-order valence-corrected chi connectivity index (χ4v) is 3.45. The average molecular weight is 327 g/mol. The van der Waals surface area contributed by atoms with Crippen molar-refractivity contribution in [3.8, 4) is 0 Å². The summed E-state index contributed by atoms with van der Waals surface area (Å²) in [5.74, 6) is 1.09. The zero-order valence-corrected chi connectivity index (χ0v) is 14.6. The van der Waals surface area contributed by atoms with Crippen LogP contribution in [0.2, 0.25) is 0 Å². The third-order valence-electron chi connectivity index (χ3n) is 4.81. The van der Waals surface area contributed by atoms with E-state index >= 15 is 0 Å². The fourth-order valence-electron chi connectivity index (χ4n) is 3.45. The normalized spacial score (nSPS) is 15.7. The molecule has 1 aliphatic rings. The molecule has 3 rings (SSSR count). The van der Waals surface area contributed by atoms with E-state index in [1.807, 2.05) is 18.2 Å². The predicted molar refractivity (Wildman–Crippen MR) is 94.9 cm³/mol. The van der Waals surface area contributed by atoms with Crippen molar-refractivity contribution < 1.29 is 4.79 Å². The molecule has 2 aromatic rings. The molecule has 0 spiro atoms. The Bertz CT molecular complexity index is 819. The van der Waals surface area contributed by atoms with E-state index < -0.39 is 0 Å². The maximum absolute atomic E-state index is 12.6. The average Bonchev–Trinajstić information content (AvgIpc) is 3.28. The van der Waals surface area contributed by atoms with Crippen LogP contribution in [0.5, 0.6) is 0 Å². The topological polar surface area (TPSA) is 64.0 Å². The van der Waals surface area contributed by atoms with Gasteiger partial charge in [0.1, 0.15) is 12.4 Å². The SMILES string of the molecule is Cc1nc2ccccc2c(=O)n1CC(=O)NCC1(CC(C)C)CC1. The molecular weight excluding hydrogens is 302 g/mol. The van der Waals surface area contributed by atoms with Gasteiger partial charge in [-0.05, 0) is 49.7 Å². The molecule has 1 saturated carbocycles. The summed E-state index contributed by atoms with van der Waals surface area (Å²) in [6.45, 7) is 6.93. The largest absolute Gasteiger partial charge is 0.354 e. The third kappa shape index (κ3) is 3.50. The van der Waals surface area contributed by atoms with E-state index in [-0.39, 0.29) is 23.4 Å². The molecule has 1 N–H and O–H groups in total. The van der Waals surface area contributed by atoms with Crippen LogP contribution < -0.4 is 10.9 Å². The molecule has 128 valence electrons. The minimum Gasteiger partial charge on any atom is -0.354 e. The molecule has 0 aliphatic heterocycles. The summed E-state index contributed by atoms with van der Waals surface area (Å²) in [5.41, 5.74) is 0.799. The fraction of sp³-hybridized carbons (Fsp3) is 0.526. The molecule has 1 aliphatic carbocycles. The Morgan fingerprint density at radius 2 is 2.04 bits per heavy atom. The Morgan fingerprint density at radius 1 is 1.33 bits per heavy atom. The van der Waals surface area contributed by atoms with Gasteiger partial charge in [-0.3, -0.25) is 14.2 Å². The number of nitrogens with zero attached hydrogens (tertiary/aromatic N) is 2. The number of nitrogens with one attached hydrogen (secondary N) is 1. The Kier molecular flexibility index (Phi) is 4.43. The first-order chi connectivity index (χ1) is 11.4. The van der Waals surface area contributed by atoms with Crippen LogP contribution >= 0.6 is 0 Å². The number of rotatable bonds is 6. The first kappa shape index (κ1) is 16.7. The highest BCUT2D eigenvalue weighted by molar-refractivity contribution is 5.79. The van der Waals surface area contributed by atoms with Crippen LogP contribution in [0.15, 0.2) is 29.1 Å². The minimum atomic E-state index is -0.156. The van der Waals surface area contributed by atoms with Gasteiger partial charge in [0.15, 0.2) is 0 Å². The molecule has 1 fully saturated rings. The summed E-state index contributed by atoms with van der Waals surface area (Å²) in [6, 6.07) is 7.24. The van der Waals surface area contributed by atoms with E-state index in [2.05, 4.69) is 24.1 Å². The Hall–Kier alpha value is -2.17. The van der Waals surface area contributed by atoms with Crippen LogP contribution in [-0.2, 0) is 11.3 Å². The van der Waals surface area contributed by atoms with Crippen molar-refractivity contribution in [1.29, 1.82) is 0 Å². The van der Waals surface area contributed by atoms with Gasteiger partial charge in [0.05, 0.1) is 10.9 Å². The Labute approximate surface area is 142 Å². The van der Waals surface area contributed by atoms with E-state index in [4.69, 9.17) is 0 Å². The number of benzene rings is 1. The molecule has 0 bridgehead atoms. The van der Waals surface area contributed by atoms with Crippen LogP contribution in [0.3, 0.4) is 0 Å². The molecule has 0 saturated heterocycles.